The number of nitrogens with zero attached hydrogens (tertiary/aromatic N) is 2. The van der Waals surface area contributed by atoms with Gasteiger partial charge in [0.1, 0.15) is 0 Å². The smallest absolute Gasteiger partial charge is 0.225 e. The summed E-state index contributed by atoms with van der Waals surface area (Å²) >= 11 is 3.25. The zero-order valence-electron chi connectivity index (χ0n) is 13.7. The van der Waals surface area contributed by atoms with E-state index in [9.17, 15) is 4.79 Å². The summed E-state index contributed by atoms with van der Waals surface area (Å²) in [6.07, 6.45) is 2.87. The van der Waals surface area contributed by atoms with E-state index in [1.54, 1.807) is 28.9 Å². The molecule has 0 spiro atoms. The number of hydrogen-bond acceptors (Lipinski definition) is 5. The van der Waals surface area contributed by atoms with Gasteiger partial charge in [-0.3, -0.25) is 9.78 Å². The Morgan fingerprint density at radius 2 is 2.17 bits per heavy atom. The third-order valence-electron chi connectivity index (χ3n) is 3.72. The molecule has 0 aliphatic carbocycles. The molecule has 0 aliphatic heterocycles. The predicted octanol–water partition coefficient (Wildman–Crippen LogP) is 3.86. The lowest BCUT2D eigenvalue weighted by Gasteiger charge is -2.18. The van der Waals surface area contributed by atoms with E-state index in [4.69, 9.17) is 0 Å². The van der Waals surface area contributed by atoms with Gasteiger partial charge >= 0.3 is 0 Å². The van der Waals surface area contributed by atoms with Gasteiger partial charge in [-0.25, -0.2) is 4.98 Å². The van der Waals surface area contributed by atoms with Crippen molar-refractivity contribution < 1.29 is 4.79 Å². The van der Waals surface area contributed by atoms with E-state index in [0.717, 1.165) is 27.7 Å². The van der Waals surface area contributed by atoms with E-state index in [-0.39, 0.29) is 11.9 Å². The lowest BCUT2D eigenvalue weighted by atomic mass is 10.0. The number of thiazole rings is 1. The second-order valence-electron chi connectivity index (χ2n) is 5.63. The molecular weight excluding hydrogens is 338 g/mol. The van der Waals surface area contributed by atoms with Gasteiger partial charge in [0, 0.05) is 11.1 Å². The number of carbonyl (C=O) groups excluding carboxylic acids is 1. The first-order chi connectivity index (χ1) is 11.6. The normalized spacial score (nSPS) is 12.1. The number of hydrogen-bond donors (Lipinski definition) is 1. The van der Waals surface area contributed by atoms with Crippen molar-refractivity contribution in [2.75, 3.05) is 0 Å². The monoisotopic (exact) mass is 357 g/mol. The number of aryl methyl sites for hydroxylation is 2. The average Bonchev–Trinajstić information content (AvgIpc) is 3.17. The standard InChI is InChI=1S/C18H19N3OS2/c1-12-17(24-13(2)20-12)10-18(22)21-16(9-14-6-8-23-11-14)15-5-3-4-7-19-15/h3-8,11,16H,9-10H2,1-2H3,(H,21,22)/t16-/m0/s1. The molecule has 0 fully saturated rings. The fourth-order valence-corrected chi connectivity index (χ4v) is 4.20. The maximum absolute atomic E-state index is 12.5. The van der Waals surface area contributed by atoms with Crippen molar-refractivity contribution in [2.24, 2.45) is 0 Å². The molecule has 0 unspecified atom stereocenters. The van der Waals surface area contributed by atoms with Crippen molar-refractivity contribution in [3.8, 4) is 0 Å². The molecule has 1 N–H and O–H groups in total. The summed E-state index contributed by atoms with van der Waals surface area (Å²) in [5, 5.41) is 8.30. The van der Waals surface area contributed by atoms with Crippen LogP contribution in [-0.2, 0) is 17.6 Å². The Bertz CT molecular complexity index is 797. The van der Waals surface area contributed by atoms with Crippen LogP contribution in [0.25, 0.3) is 0 Å². The van der Waals surface area contributed by atoms with Crippen LogP contribution in [0.1, 0.15) is 32.9 Å². The topological polar surface area (TPSA) is 54.9 Å². The van der Waals surface area contributed by atoms with Gasteiger partial charge in [-0.2, -0.15) is 11.3 Å². The first-order valence-electron chi connectivity index (χ1n) is 7.76. The summed E-state index contributed by atoms with van der Waals surface area (Å²) in [5.74, 6) is 0.00707. The molecule has 4 nitrogen and oxygen atoms in total. The molecule has 0 saturated heterocycles. The van der Waals surface area contributed by atoms with Crippen molar-refractivity contribution in [1.29, 1.82) is 0 Å². The van der Waals surface area contributed by atoms with Crippen LogP contribution in [-0.4, -0.2) is 15.9 Å². The van der Waals surface area contributed by atoms with Gasteiger partial charge < -0.3 is 5.32 Å². The Hall–Kier alpha value is -2.05. The van der Waals surface area contributed by atoms with E-state index < -0.39 is 0 Å². The lowest BCUT2D eigenvalue weighted by Crippen LogP contribution is -2.31. The molecule has 3 rings (SSSR count). The third-order valence-corrected chi connectivity index (χ3v) is 5.53. The summed E-state index contributed by atoms with van der Waals surface area (Å²) < 4.78 is 0. The third kappa shape index (κ3) is 4.27. The average molecular weight is 358 g/mol. The fourth-order valence-electron chi connectivity index (χ4n) is 2.58. The van der Waals surface area contributed by atoms with Crippen LogP contribution in [0.3, 0.4) is 0 Å². The number of amides is 1. The maximum Gasteiger partial charge on any atom is 0.225 e. The van der Waals surface area contributed by atoms with Crippen molar-refractivity contribution >= 4 is 28.6 Å². The minimum absolute atomic E-state index is 0.00707. The highest BCUT2D eigenvalue weighted by molar-refractivity contribution is 7.11. The summed E-state index contributed by atoms with van der Waals surface area (Å²) in [6, 6.07) is 7.76. The van der Waals surface area contributed by atoms with Crippen LogP contribution < -0.4 is 5.32 Å². The molecule has 3 aromatic heterocycles. The zero-order chi connectivity index (χ0) is 16.9. The van der Waals surface area contributed by atoms with Gasteiger partial charge in [0.15, 0.2) is 0 Å². The highest BCUT2D eigenvalue weighted by Crippen LogP contribution is 2.21. The van der Waals surface area contributed by atoms with E-state index in [2.05, 4.69) is 32.1 Å². The first-order valence-corrected chi connectivity index (χ1v) is 9.52. The van der Waals surface area contributed by atoms with Crippen LogP contribution in [0.15, 0.2) is 41.2 Å². The van der Waals surface area contributed by atoms with E-state index in [1.165, 1.54) is 5.56 Å². The van der Waals surface area contributed by atoms with Gasteiger partial charge in [0.25, 0.3) is 0 Å². The van der Waals surface area contributed by atoms with E-state index in [1.807, 2.05) is 32.0 Å². The molecule has 0 bridgehead atoms. The van der Waals surface area contributed by atoms with Crippen molar-refractivity contribution in [1.82, 2.24) is 15.3 Å². The molecule has 3 aromatic rings. The van der Waals surface area contributed by atoms with Crippen LogP contribution in [0.5, 0.6) is 0 Å². The zero-order valence-corrected chi connectivity index (χ0v) is 15.3. The Morgan fingerprint density at radius 1 is 1.29 bits per heavy atom. The molecule has 0 saturated carbocycles. The number of rotatable bonds is 6. The lowest BCUT2D eigenvalue weighted by molar-refractivity contribution is -0.121. The molecule has 1 atom stereocenters. The fraction of sp³-hybridized carbons (Fsp3) is 0.278. The highest BCUT2D eigenvalue weighted by Gasteiger charge is 2.18. The van der Waals surface area contributed by atoms with Gasteiger partial charge in [-0.05, 0) is 54.8 Å². The minimum atomic E-state index is -0.123. The summed E-state index contributed by atoms with van der Waals surface area (Å²) in [5.41, 5.74) is 3.04. The maximum atomic E-state index is 12.5. The molecule has 124 valence electrons. The van der Waals surface area contributed by atoms with Gasteiger partial charge in [-0.1, -0.05) is 6.07 Å². The van der Waals surface area contributed by atoms with Gasteiger partial charge in [0.05, 0.1) is 28.9 Å². The Morgan fingerprint density at radius 3 is 2.79 bits per heavy atom. The Kier molecular flexibility index (Phi) is 5.37. The van der Waals surface area contributed by atoms with E-state index >= 15 is 0 Å². The minimum Gasteiger partial charge on any atom is -0.347 e. The molecule has 0 aliphatic rings. The van der Waals surface area contributed by atoms with Crippen LogP contribution in [0.4, 0.5) is 0 Å². The number of carbonyl (C=O) groups is 1. The molecule has 3 heterocycles. The number of nitrogens with one attached hydrogen (secondary N) is 1. The quantitative estimate of drug-likeness (QED) is 0.729. The second kappa shape index (κ2) is 7.68. The van der Waals surface area contributed by atoms with Crippen LogP contribution in [0, 0.1) is 13.8 Å². The van der Waals surface area contributed by atoms with Crippen molar-refractivity contribution in [2.45, 2.75) is 32.7 Å². The van der Waals surface area contributed by atoms with Crippen LogP contribution in [0.2, 0.25) is 0 Å². The molecule has 6 heteroatoms. The molecule has 24 heavy (non-hydrogen) atoms. The largest absolute Gasteiger partial charge is 0.347 e. The molecule has 1 amide bonds. The Balaban J connectivity index is 1.73. The number of pyridine rings is 1. The van der Waals surface area contributed by atoms with Crippen LogP contribution >= 0.6 is 22.7 Å². The predicted molar refractivity (Wildman–Crippen MR) is 98.4 cm³/mol. The summed E-state index contributed by atoms with van der Waals surface area (Å²) in [7, 11) is 0. The summed E-state index contributed by atoms with van der Waals surface area (Å²) in [6.45, 7) is 3.92. The number of aromatic nitrogens is 2. The molecule has 0 radical (unpaired) electrons. The Labute approximate surface area is 149 Å². The SMILES string of the molecule is Cc1nc(C)c(CC(=O)N[C@@H](Cc2ccsc2)c2ccccn2)s1. The molecular formula is C18H19N3OS2. The van der Waals surface area contributed by atoms with E-state index in [0.29, 0.717) is 6.42 Å². The van der Waals surface area contributed by atoms with Gasteiger partial charge in [0.2, 0.25) is 5.91 Å². The number of thiophene rings is 1. The summed E-state index contributed by atoms with van der Waals surface area (Å²) in [4.78, 5) is 22.4. The highest BCUT2D eigenvalue weighted by atomic mass is 32.1. The van der Waals surface area contributed by atoms with Gasteiger partial charge in [-0.15, -0.1) is 11.3 Å². The second-order valence-corrected chi connectivity index (χ2v) is 7.70. The van der Waals surface area contributed by atoms with Crippen molar-refractivity contribution in [3.63, 3.8) is 0 Å². The first kappa shape index (κ1) is 16.8. The molecule has 0 aromatic carbocycles. The van der Waals surface area contributed by atoms with Crippen molar-refractivity contribution in [3.05, 3.63) is 68.1 Å².